The molecule has 0 saturated heterocycles. The van der Waals surface area contributed by atoms with Crippen LogP contribution in [0.15, 0.2) is 0 Å². The Bertz CT molecular complexity index is 211. The summed E-state index contributed by atoms with van der Waals surface area (Å²) in [5.74, 6) is -2.43. The number of hydrogen-bond acceptors (Lipinski definition) is 1. The monoisotopic (exact) mass is 270 g/mol. The molecule has 0 radical (unpaired) electrons. The van der Waals surface area contributed by atoms with Gasteiger partial charge in [-0.25, -0.2) is 30.9 Å². The Labute approximate surface area is 98.1 Å². The van der Waals surface area contributed by atoms with Crippen molar-refractivity contribution in [2.24, 2.45) is 0 Å². The molecule has 0 saturated carbocycles. The maximum Gasteiger partial charge on any atom is 1.00 e. The van der Waals surface area contributed by atoms with E-state index in [1.807, 2.05) is 0 Å². The van der Waals surface area contributed by atoms with Crippen molar-refractivity contribution in [1.82, 2.24) is 0 Å². The van der Waals surface area contributed by atoms with Crippen LogP contribution in [0.1, 0.15) is 6.92 Å². The van der Waals surface area contributed by atoms with Gasteiger partial charge >= 0.3 is 26.7 Å². The zero-order valence-corrected chi connectivity index (χ0v) is 8.86. The fourth-order valence-electron chi connectivity index (χ4n) is 0.161. The summed E-state index contributed by atoms with van der Waals surface area (Å²) in [5, 5.41) is 0. The van der Waals surface area contributed by atoms with Crippen LogP contribution in [0.25, 0.3) is 0 Å². The zero-order valence-electron chi connectivity index (χ0n) is 7.96. The molecule has 0 aliphatic heterocycles. The first-order valence-electron chi connectivity index (χ1n) is 2.92. The van der Waals surface area contributed by atoms with Crippen molar-refractivity contribution in [3.05, 3.63) is 5.92 Å². The summed E-state index contributed by atoms with van der Waals surface area (Å²) in [6.07, 6.45) is -10.5. The largest absolute Gasteiger partial charge is 1.00 e. The molecule has 0 aromatic carbocycles. The van der Waals surface area contributed by atoms with E-state index in [1.165, 1.54) is 0 Å². The van der Waals surface area contributed by atoms with Gasteiger partial charge < -0.3 is 14.7 Å². The number of rotatable bonds is 0. The normalized spacial score (nSPS) is 12.7. The molecule has 0 fully saturated rings. The van der Waals surface area contributed by atoms with Gasteiger partial charge in [-0.05, 0) is 0 Å². The van der Waals surface area contributed by atoms with Crippen molar-refractivity contribution in [3.63, 3.8) is 0 Å². The van der Waals surface area contributed by atoms with Gasteiger partial charge in [-0.1, -0.05) is 0 Å². The van der Waals surface area contributed by atoms with E-state index in [4.69, 9.17) is 19.2 Å². The molecular formula is C4H6F6LiO4P. The summed E-state index contributed by atoms with van der Waals surface area (Å²) in [7, 11) is -4.64. The second-order valence-electron chi connectivity index (χ2n) is 2.13. The zero-order chi connectivity index (χ0) is 13.1. The number of hydrogen-bond donors (Lipinski definition) is 3. The molecule has 16 heavy (non-hydrogen) atoms. The number of phosphoric acid groups is 1. The first-order chi connectivity index (χ1) is 6.15. The summed E-state index contributed by atoms with van der Waals surface area (Å²) in [6, 6.07) is 0. The van der Waals surface area contributed by atoms with Crippen LogP contribution < -0.4 is 18.9 Å². The predicted molar refractivity (Wildman–Crippen MR) is 35.3 cm³/mol. The van der Waals surface area contributed by atoms with Gasteiger partial charge in [-0.15, -0.1) is 5.92 Å². The average Bonchev–Trinajstić information content (AvgIpc) is 1.77. The van der Waals surface area contributed by atoms with E-state index in [-0.39, 0.29) is 25.8 Å². The van der Waals surface area contributed by atoms with Crippen LogP contribution in [0.2, 0.25) is 0 Å². The molecule has 0 aliphatic rings. The van der Waals surface area contributed by atoms with Crippen LogP contribution in [-0.4, -0.2) is 27.0 Å². The van der Waals surface area contributed by atoms with Crippen LogP contribution in [0, 0.1) is 5.92 Å². The van der Waals surface area contributed by atoms with E-state index < -0.39 is 26.1 Å². The maximum absolute atomic E-state index is 11.2. The molecule has 3 N–H and O–H groups in total. The molecule has 0 aromatic heterocycles. The van der Waals surface area contributed by atoms with Crippen LogP contribution >= 0.6 is 7.82 Å². The third kappa shape index (κ3) is 16.7. The van der Waals surface area contributed by atoms with Gasteiger partial charge in [0.1, 0.15) is 0 Å². The van der Waals surface area contributed by atoms with E-state index in [2.05, 4.69) is 0 Å². The van der Waals surface area contributed by atoms with Crippen molar-refractivity contribution < 1.29 is 64.4 Å². The molecular weight excluding hydrogens is 264 g/mol. The SMILES string of the molecule is C[C-](C(F)(F)F)C(F)(F)F.O=P(O)(O)O.[Li+]. The number of alkyl halides is 6. The smallest absolute Gasteiger partial charge is 0.303 e. The van der Waals surface area contributed by atoms with Crippen LogP contribution in [-0.2, 0) is 4.57 Å². The van der Waals surface area contributed by atoms with Crippen molar-refractivity contribution in [1.29, 1.82) is 0 Å². The van der Waals surface area contributed by atoms with Crippen LogP contribution in [0.4, 0.5) is 26.3 Å². The molecule has 94 valence electrons. The Morgan fingerprint density at radius 3 is 1.06 bits per heavy atom. The van der Waals surface area contributed by atoms with Gasteiger partial charge in [0.15, 0.2) is 0 Å². The Morgan fingerprint density at radius 1 is 0.938 bits per heavy atom. The molecule has 0 spiro atoms. The van der Waals surface area contributed by atoms with Gasteiger partial charge in [0.25, 0.3) is 12.4 Å². The first kappa shape index (κ1) is 21.6. The Kier molecular flexibility index (Phi) is 9.28. The fourth-order valence-corrected chi connectivity index (χ4v) is 0.161. The fraction of sp³-hybridized carbons (Fsp3) is 0.750. The van der Waals surface area contributed by atoms with E-state index in [9.17, 15) is 26.3 Å². The van der Waals surface area contributed by atoms with Crippen LogP contribution in [0.5, 0.6) is 0 Å². The van der Waals surface area contributed by atoms with Gasteiger partial charge in [0.05, 0.1) is 0 Å². The summed E-state index contributed by atoms with van der Waals surface area (Å²) in [5.41, 5.74) is 0. The molecule has 0 unspecified atom stereocenters. The maximum atomic E-state index is 11.2. The van der Waals surface area contributed by atoms with Crippen molar-refractivity contribution in [2.75, 3.05) is 0 Å². The van der Waals surface area contributed by atoms with Crippen LogP contribution in [0.3, 0.4) is 0 Å². The first-order valence-corrected chi connectivity index (χ1v) is 4.48. The minimum Gasteiger partial charge on any atom is -0.303 e. The molecule has 0 aromatic rings. The van der Waals surface area contributed by atoms with Gasteiger partial charge in [0, 0.05) is 0 Å². The van der Waals surface area contributed by atoms with Crippen molar-refractivity contribution >= 4 is 7.82 Å². The van der Waals surface area contributed by atoms with E-state index in [0.717, 1.165) is 0 Å². The Balaban J connectivity index is -0.000000242. The van der Waals surface area contributed by atoms with Crippen molar-refractivity contribution in [3.8, 4) is 0 Å². The van der Waals surface area contributed by atoms with E-state index in [1.54, 1.807) is 0 Å². The molecule has 4 nitrogen and oxygen atoms in total. The van der Waals surface area contributed by atoms with Crippen molar-refractivity contribution in [2.45, 2.75) is 19.3 Å². The summed E-state index contributed by atoms with van der Waals surface area (Å²) in [6.45, 7) is 0. The third-order valence-corrected chi connectivity index (χ3v) is 0.850. The van der Waals surface area contributed by atoms with Gasteiger partial charge in [-0.3, -0.25) is 0 Å². The van der Waals surface area contributed by atoms with Gasteiger partial charge in [0.2, 0.25) is 0 Å². The van der Waals surface area contributed by atoms with E-state index >= 15 is 0 Å². The Morgan fingerprint density at radius 2 is 1.06 bits per heavy atom. The minimum absolute atomic E-state index is 0. The second kappa shape index (κ2) is 6.89. The van der Waals surface area contributed by atoms with Gasteiger partial charge in [-0.2, -0.15) is 6.92 Å². The summed E-state index contributed by atoms with van der Waals surface area (Å²) < 4.78 is 76.0. The molecule has 0 bridgehead atoms. The predicted octanol–water partition coefficient (Wildman–Crippen LogP) is -1.22. The molecule has 0 aliphatic carbocycles. The second-order valence-corrected chi connectivity index (χ2v) is 3.16. The molecule has 0 amide bonds. The quantitative estimate of drug-likeness (QED) is 0.223. The molecule has 0 heterocycles. The Hall–Kier alpha value is 0.287. The average molecular weight is 270 g/mol. The number of halogens is 6. The summed E-state index contributed by atoms with van der Waals surface area (Å²) in [4.78, 5) is 21.6. The third-order valence-electron chi connectivity index (χ3n) is 0.850. The molecule has 0 rings (SSSR count). The standard InChI is InChI=1S/C4H3F6.Li.H3O4P/c1-2(3(5,6)7)4(8,9)10;;1-5(2,3)4/h1H3;;(H3,1,2,3,4)/q-1;+1;. The van der Waals surface area contributed by atoms with E-state index in [0.29, 0.717) is 0 Å². The minimum atomic E-state index is -5.27. The molecule has 12 heteroatoms. The topological polar surface area (TPSA) is 77.8 Å². The molecule has 0 atom stereocenters. The summed E-state index contributed by atoms with van der Waals surface area (Å²) >= 11 is 0.